The molecule has 0 aliphatic carbocycles. The Labute approximate surface area is 154 Å². The Kier molecular flexibility index (Phi) is 6.78. The highest BCUT2D eigenvalue weighted by Crippen LogP contribution is 2.29. The lowest BCUT2D eigenvalue weighted by atomic mass is 9.98. The van der Waals surface area contributed by atoms with Crippen LogP contribution in [0.2, 0.25) is 0 Å². The molecule has 0 aliphatic heterocycles. The number of para-hydroxylation sites is 1. The summed E-state index contributed by atoms with van der Waals surface area (Å²) in [5.41, 5.74) is 7.37. The number of nitrogens with one attached hydrogen (secondary N) is 2. The number of rotatable bonds is 6. The monoisotopic (exact) mass is 354 g/mol. The molecule has 138 valence electrons. The minimum absolute atomic E-state index is 0.336. The highest BCUT2D eigenvalue weighted by Gasteiger charge is 2.18. The van der Waals surface area contributed by atoms with Crippen LogP contribution >= 0.6 is 0 Å². The summed E-state index contributed by atoms with van der Waals surface area (Å²) >= 11 is 0. The van der Waals surface area contributed by atoms with Crippen LogP contribution in [-0.4, -0.2) is 17.9 Å². The van der Waals surface area contributed by atoms with Gasteiger partial charge in [0.05, 0.1) is 0 Å². The maximum Gasteiger partial charge on any atom is 0.279 e. The summed E-state index contributed by atoms with van der Waals surface area (Å²) in [6, 6.07) is 14.8. The van der Waals surface area contributed by atoms with Crippen LogP contribution in [0.1, 0.15) is 54.6 Å². The molecule has 0 spiro atoms. The Bertz CT molecular complexity index is 773. The number of benzene rings is 2. The molecule has 0 aliphatic rings. The highest BCUT2D eigenvalue weighted by molar-refractivity contribution is 5.95. The number of aryl methyl sites for hydroxylation is 1. The van der Waals surface area contributed by atoms with Gasteiger partial charge in [0.15, 0.2) is 6.10 Å². The number of hydrogen-bond donors (Lipinski definition) is 2. The van der Waals surface area contributed by atoms with Gasteiger partial charge in [-0.3, -0.25) is 20.4 Å². The van der Waals surface area contributed by atoms with Gasteiger partial charge in [-0.15, -0.1) is 0 Å². The molecular weight excluding hydrogens is 328 g/mol. The molecule has 2 N–H and O–H groups in total. The van der Waals surface area contributed by atoms with E-state index in [1.54, 1.807) is 25.1 Å². The van der Waals surface area contributed by atoms with Crippen molar-refractivity contribution in [2.75, 3.05) is 0 Å². The van der Waals surface area contributed by atoms with E-state index in [0.717, 1.165) is 17.5 Å². The molecule has 0 fully saturated rings. The molecule has 2 rings (SSSR count). The van der Waals surface area contributed by atoms with E-state index in [-0.39, 0.29) is 5.91 Å². The lowest BCUT2D eigenvalue weighted by Gasteiger charge is -2.19. The second-order valence-corrected chi connectivity index (χ2v) is 6.42. The van der Waals surface area contributed by atoms with Crippen molar-refractivity contribution in [2.24, 2.45) is 0 Å². The minimum Gasteiger partial charge on any atom is -0.481 e. The largest absolute Gasteiger partial charge is 0.481 e. The Morgan fingerprint density at radius 3 is 2.46 bits per heavy atom. The molecule has 0 radical (unpaired) electrons. The van der Waals surface area contributed by atoms with Gasteiger partial charge in [0.25, 0.3) is 11.8 Å². The number of amides is 2. The topological polar surface area (TPSA) is 67.4 Å². The van der Waals surface area contributed by atoms with E-state index in [9.17, 15) is 9.59 Å². The average molecular weight is 354 g/mol. The van der Waals surface area contributed by atoms with E-state index in [1.807, 2.05) is 37.3 Å². The van der Waals surface area contributed by atoms with Gasteiger partial charge in [-0.05, 0) is 49.9 Å². The third kappa shape index (κ3) is 5.09. The highest BCUT2D eigenvalue weighted by atomic mass is 16.5. The molecule has 2 unspecified atom stereocenters. The molecule has 0 aromatic heterocycles. The Morgan fingerprint density at radius 1 is 1.04 bits per heavy atom. The first-order chi connectivity index (χ1) is 12.4. The fourth-order valence-electron chi connectivity index (χ4n) is 2.54. The van der Waals surface area contributed by atoms with E-state index in [4.69, 9.17) is 4.74 Å². The molecule has 2 atom stereocenters. The second-order valence-electron chi connectivity index (χ2n) is 6.42. The van der Waals surface area contributed by atoms with Gasteiger partial charge in [0.2, 0.25) is 0 Å². The van der Waals surface area contributed by atoms with Crippen LogP contribution in [0.4, 0.5) is 0 Å². The van der Waals surface area contributed by atoms with Gasteiger partial charge in [0, 0.05) is 5.56 Å². The van der Waals surface area contributed by atoms with Crippen molar-refractivity contribution >= 4 is 11.8 Å². The summed E-state index contributed by atoms with van der Waals surface area (Å²) in [6.45, 7) is 7.79. The summed E-state index contributed by atoms with van der Waals surface area (Å²) in [7, 11) is 0. The first-order valence-corrected chi connectivity index (χ1v) is 8.84. The van der Waals surface area contributed by atoms with Gasteiger partial charge in [-0.1, -0.05) is 49.7 Å². The standard InChI is InChI=1S/C21H26N2O3/c1-5-15(3)18-11-6-7-12-19(18)26-16(4)20(24)22-23-21(25)17-10-8-9-14(2)13-17/h6-13,15-16H,5H2,1-4H3,(H,22,24)(H,23,25). The number of hydrogen-bond acceptors (Lipinski definition) is 3. The van der Waals surface area contributed by atoms with Crippen LogP contribution < -0.4 is 15.6 Å². The molecular formula is C21H26N2O3. The summed E-state index contributed by atoms with van der Waals surface area (Å²) < 4.78 is 5.82. The fourth-order valence-corrected chi connectivity index (χ4v) is 2.54. The van der Waals surface area contributed by atoms with E-state index < -0.39 is 12.0 Å². The Hall–Kier alpha value is -2.82. The lowest BCUT2D eigenvalue weighted by Crippen LogP contribution is -2.47. The molecule has 0 heterocycles. The fraction of sp³-hybridized carbons (Fsp3) is 0.333. The van der Waals surface area contributed by atoms with Crippen LogP contribution in [0.15, 0.2) is 48.5 Å². The first-order valence-electron chi connectivity index (χ1n) is 8.84. The number of hydrazine groups is 1. The predicted octanol–water partition coefficient (Wildman–Crippen LogP) is 3.74. The molecule has 5 nitrogen and oxygen atoms in total. The van der Waals surface area contributed by atoms with E-state index in [2.05, 4.69) is 24.7 Å². The van der Waals surface area contributed by atoms with Crippen molar-refractivity contribution in [3.05, 3.63) is 65.2 Å². The maximum absolute atomic E-state index is 12.2. The summed E-state index contributed by atoms with van der Waals surface area (Å²) in [5.74, 6) is 0.246. The predicted molar refractivity (Wildman–Crippen MR) is 102 cm³/mol. The van der Waals surface area contributed by atoms with Crippen LogP contribution in [0.3, 0.4) is 0 Å². The smallest absolute Gasteiger partial charge is 0.279 e. The van der Waals surface area contributed by atoms with E-state index in [1.165, 1.54) is 0 Å². The third-order valence-electron chi connectivity index (χ3n) is 4.31. The lowest BCUT2D eigenvalue weighted by molar-refractivity contribution is -0.128. The zero-order valence-corrected chi connectivity index (χ0v) is 15.7. The molecule has 2 aromatic rings. The van der Waals surface area contributed by atoms with Crippen molar-refractivity contribution in [1.82, 2.24) is 10.9 Å². The van der Waals surface area contributed by atoms with Crippen molar-refractivity contribution in [1.29, 1.82) is 0 Å². The zero-order chi connectivity index (χ0) is 19.1. The molecule has 2 aromatic carbocycles. The quantitative estimate of drug-likeness (QED) is 0.777. The first kappa shape index (κ1) is 19.5. The normalized spacial score (nSPS) is 12.8. The van der Waals surface area contributed by atoms with Crippen LogP contribution in [0.25, 0.3) is 0 Å². The van der Waals surface area contributed by atoms with Gasteiger partial charge in [0.1, 0.15) is 5.75 Å². The third-order valence-corrected chi connectivity index (χ3v) is 4.31. The number of ether oxygens (including phenoxy) is 1. The number of carbonyl (C=O) groups is 2. The van der Waals surface area contributed by atoms with Gasteiger partial charge in [-0.2, -0.15) is 0 Å². The molecule has 5 heteroatoms. The summed E-state index contributed by atoms with van der Waals surface area (Å²) in [4.78, 5) is 24.3. The molecule has 0 saturated heterocycles. The molecule has 2 amide bonds. The zero-order valence-electron chi connectivity index (χ0n) is 15.7. The molecule has 0 saturated carbocycles. The molecule has 26 heavy (non-hydrogen) atoms. The van der Waals surface area contributed by atoms with Crippen molar-refractivity contribution in [2.45, 2.75) is 46.1 Å². The second kappa shape index (κ2) is 9.04. The van der Waals surface area contributed by atoms with Crippen molar-refractivity contribution in [3.63, 3.8) is 0 Å². The van der Waals surface area contributed by atoms with Crippen molar-refractivity contribution < 1.29 is 14.3 Å². The molecule has 0 bridgehead atoms. The average Bonchev–Trinajstić information content (AvgIpc) is 2.65. The van der Waals surface area contributed by atoms with Gasteiger partial charge < -0.3 is 4.74 Å². The van der Waals surface area contributed by atoms with Crippen LogP contribution in [0.5, 0.6) is 5.75 Å². The Balaban J connectivity index is 1.95. The number of carbonyl (C=O) groups excluding carboxylic acids is 2. The summed E-state index contributed by atoms with van der Waals surface area (Å²) in [5, 5.41) is 0. The van der Waals surface area contributed by atoms with Crippen molar-refractivity contribution in [3.8, 4) is 5.75 Å². The van der Waals surface area contributed by atoms with Crippen LogP contribution in [-0.2, 0) is 4.79 Å². The Morgan fingerprint density at radius 2 is 1.77 bits per heavy atom. The maximum atomic E-state index is 12.2. The summed E-state index contributed by atoms with van der Waals surface area (Å²) in [6.07, 6.45) is 0.242. The van der Waals surface area contributed by atoms with E-state index >= 15 is 0 Å². The SMILES string of the molecule is CCC(C)c1ccccc1OC(C)C(=O)NNC(=O)c1cccc(C)c1. The minimum atomic E-state index is -0.738. The van der Waals surface area contributed by atoms with Gasteiger partial charge in [-0.25, -0.2) is 0 Å². The van der Waals surface area contributed by atoms with Crippen LogP contribution in [0, 0.1) is 6.92 Å². The van der Waals surface area contributed by atoms with Gasteiger partial charge >= 0.3 is 0 Å². The van der Waals surface area contributed by atoms with E-state index in [0.29, 0.717) is 17.2 Å².